The Labute approximate surface area is 110 Å². The Morgan fingerprint density at radius 3 is 2.39 bits per heavy atom. The number of rotatable bonds is 3. The van der Waals surface area contributed by atoms with Crippen molar-refractivity contribution < 1.29 is 12.9 Å². The predicted octanol–water partition coefficient (Wildman–Crippen LogP) is 3.03. The van der Waals surface area contributed by atoms with E-state index in [0.29, 0.717) is 17.0 Å². The monoisotopic (exact) mass is 285 g/mol. The lowest BCUT2D eigenvalue weighted by molar-refractivity contribution is 0.425. The second-order valence-electron chi connectivity index (χ2n) is 4.13. The van der Waals surface area contributed by atoms with E-state index in [2.05, 4.69) is 5.16 Å². The molecule has 0 fully saturated rings. The highest BCUT2D eigenvalue weighted by Crippen LogP contribution is 2.27. The van der Waals surface area contributed by atoms with Crippen LogP contribution in [0.2, 0.25) is 0 Å². The van der Waals surface area contributed by atoms with Crippen LogP contribution in [0, 0.1) is 13.8 Å². The standard InChI is InChI=1S/C12H12ClNO3S/c1-8-3-5-10(6-4-8)12-9(2)11(14-17-12)7-18(13,15)16/h3-6H,7H2,1-2H3. The Kier molecular flexibility index (Phi) is 3.45. The smallest absolute Gasteiger partial charge is 0.238 e. The first kappa shape index (κ1) is 13.1. The molecule has 4 nitrogen and oxygen atoms in total. The van der Waals surface area contributed by atoms with Crippen molar-refractivity contribution in [3.8, 4) is 11.3 Å². The summed E-state index contributed by atoms with van der Waals surface area (Å²) in [6, 6.07) is 7.72. The topological polar surface area (TPSA) is 60.2 Å². The maximum Gasteiger partial charge on any atom is 0.238 e. The van der Waals surface area contributed by atoms with Crippen molar-refractivity contribution in [3.63, 3.8) is 0 Å². The molecule has 0 aliphatic rings. The Morgan fingerprint density at radius 1 is 1.22 bits per heavy atom. The Balaban J connectivity index is 2.39. The second-order valence-corrected chi connectivity index (χ2v) is 6.91. The molecule has 0 spiro atoms. The molecule has 0 bridgehead atoms. The Hall–Kier alpha value is -1.33. The first-order valence-electron chi connectivity index (χ1n) is 5.31. The van der Waals surface area contributed by atoms with Gasteiger partial charge in [-0.3, -0.25) is 0 Å². The van der Waals surface area contributed by atoms with Crippen molar-refractivity contribution in [2.75, 3.05) is 0 Å². The normalized spacial score (nSPS) is 11.7. The molecule has 6 heteroatoms. The number of nitrogens with zero attached hydrogens (tertiary/aromatic N) is 1. The van der Waals surface area contributed by atoms with E-state index in [1.165, 1.54) is 0 Å². The summed E-state index contributed by atoms with van der Waals surface area (Å²) < 4.78 is 27.2. The lowest BCUT2D eigenvalue weighted by Gasteiger charge is -1.98. The van der Waals surface area contributed by atoms with E-state index in [-0.39, 0.29) is 5.75 Å². The summed E-state index contributed by atoms with van der Waals surface area (Å²) in [7, 11) is 1.58. The second kappa shape index (κ2) is 4.74. The zero-order valence-corrected chi connectivity index (χ0v) is 11.5. The maximum absolute atomic E-state index is 11.0. The van der Waals surface area contributed by atoms with Gasteiger partial charge in [-0.15, -0.1) is 0 Å². The summed E-state index contributed by atoms with van der Waals surface area (Å²) in [5.41, 5.74) is 3.05. The van der Waals surface area contributed by atoms with Crippen LogP contribution in [-0.4, -0.2) is 13.6 Å². The fourth-order valence-electron chi connectivity index (χ4n) is 1.64. The molecule has 2 aromatic rings. The molecule has 0 aliphatic heterocycles. The summed E-state index contributed by atoms with van der Waals surface area (Å²) in [5, 5.41) is 3.76. The molecule has 0 saturated heterocycles. The molecule has 1 aromatic carbocycles. The lowest BCUT2D eigenvalue weighted by Crippen LogP contribution is -1.97. The van der Waals surface area contributed by atoms with Gasteiger partial charge in [-0.05, 0) is 13.8 Å². The minimum atomic E-state index is -3.63. The highest BCUT2D eigenvalue weighted by Gasteiger charge is 2.18. The molecular weight excluding hydrogens is 274 g/mol. The van der Waals surface area contributed by atoms with Gasteiger partial charge >= 0.3 is 0 Å². The quantitative estimate of drug-likeness (QED) is 0.813. The van der Waals surface area contributed by atoms with Gasteiger partial charge in [0.05, 0.1) is 0 Å². The number of hydrogen-bond donors (Lipinski definition) is 0. The molecular formula is C12H12ClNO3S. The molecule has 1 heterocycles. The predicted molar refractivity (Wildman–Crippen MR) is 69.9 cm³/mol. The van der Waals surface area contributed by atoms with Gasteiger partial charge < -0.3 is 4.52 Å². The third-order valence-electron chi connectivity index (χ3n) is 2.64. The highest BCUT2D eigenvalue weighted by molar-refractivity contribution is 8.13. The number of aryl methyl sites for hydroxylation is 1. The van der Waals surface area contributed by atoms with Gasteiger partial charge in [0.25, 0.3) is 0 Å². The summed E-state index contributed by atoms with van der Waals surface area (Å²) >= 11 is 0. The van der Waals surface area contributed by atoms with E-state index >= 15 is 0 Å². The summed E-state index contributed by atoms with van der Waals surface area (Å²) in [4.78, 5) is 0. The van der Waals surface area contributed by atoms with Crippen molar-refractivity contribution in [3.05, 3.63) is 41.1 Å². The SMILES string of the molecule is Cc1ccc(-c2onc(CS(=O)(=O)Cl)c2C)cc1. The van der Waals surface area contributed by atoms with Crippen LogP contribution in [-0.2, 0) is 14.8 Å². The van der Waals surface area contributed by atoms with Gasteiger partial charge in [-0.1, -0.05) is 35.0 Å². The molecule has 1 aromatic heterocycles. The summed E-state index contributed by atoms with van der Waals surface area (Å²) in [5.74, 6) is 0.251. The number of halogens is 1. The van der Waals surface area contributed by atoms with Crippen LogP contribution in [0.5, 0.6) is 0 Å². The van der Waals surface area contributed by atoms with Gasteiger partial charge in [0, 0.05) is 21.8 Å². The van der Waals surface area contributed by atoms with Crippen molar-refractivity contribution >= 4 is 19.7 Å². The van der Waals surface area contributed by atoms with Crippen molar-refractivity contribution in [1.29, 1.82) is 0 Å². The number of aromatic nitrogens is 1. The van der Waals surface area contributed by atoms with E-state index < -0.39 is 9.05 Å². The summed E-state index contributed by atoms with van der Waals surface area (Å²) in [6.45, 7) is 3.76. The van der Waals surface area contributed by atoms with Gasteiger partial charge in [0.15, 0.2) is 5.76 Å². The molecule has 0 N–H and O–H groups in total. The van der Waals surface area contributed by atoms with Crippen LogP contribution in [0.4, 0.5) is 0 Å². The molecule has 2 rings (SSSR count). The van der Waals surface area contributed by atoms with E-state index in [1.807, 2.05) is 31.2 Å². The highest BCUT2D eigenvalue weighted by atomic mass is 35.7. The van der Waals surface area contributed by atoms with Crippen molar-refractivity contribution in [1.82, 2.24) is 5.16 Å². The fraction of sp³-hybridized carbons (Fsp3) is 0.250. The Bertz CT molecular complexity index is 659. The van der Waals surface area contributed by atoms with Crippen molar-refractivity contribution in [2.45, 2.75) is 19.6 Å². The van der Waals surface area contributed by atoms with E-state index in [0.717, 1.165) is 11.1 Å². The zero-order chi connectivity index (χ0) is 13.3. The summed E-state index contributed by atoms with van der Waals surface area (Å²) in [6.07, 6.45) is 0. The molecule has 18 heavy (non-hydrogen) atoms. The van der Waals surface area contributed by atoms with Crippen LogP contribution in [0.1, 0.15) is 16.8 Å². The minimum absolute atomic E-state index is 0.324. The molecule has 0 aliphatic carbocycles. The van der Waals surface area contributed by atoms with Crippen LogP contribution in [0.25, 0.3) is 11.3 Å². The average Bonchev–Trinajstić information content (AvgIpc) is 2.60. The molecule has 0 saturated carbocycles. The minimum Gasteiger partial charge on any atom is -0.356 e. The fourth-order valence-corrected chi connectivity index (χ4v) is 2.55. The first-order chi connectivity index (χ1) is 8.37. The molecule has 96 valence electrons. The zero-order valence-electron chi connectivity index (χ0n) is 9.97. The molecule has 0 radical (unpaired) electrons. The molecule has 0 atom stereocenters. The van der Waals surface area contributed by atoms with Crippen LogP contribution >= 0.6 is 10.7 Å². The van der Waals surface area contributed by atoms with Gasteiger partial charge in [-0.25, -0.2) is 8.42 Å². The third kappa shape index (κ3) is 2.91. The Morgan fingerprint density at radius 2 is 1.83 bits per heavy atom. The largest absolute Gasteiger partial charge is 0.356 e. The van der Waals surface area contributed by atoms with Gasteiger partial charge in [0.1, 0.15) is 11.4 Å². The van der Waals surface area contributed by atoms with Gasteiger partial charge in [0.2, 0.25) is 9.05 Å². The van der Waals surface area contributed by atoms with Crippen LogP contribution in [0.15, 0.2) is 28.8 Å². The van der Waals surface area contributed by atoms with Crippen molar-refractivity contribution in [2.24, 2.45) is 0 Å². The van der Waals surface area contributed by atoms with Crippen LogP contribution in [0.3, 0.4) is 0 Å². The maximum atomic E-state index is 11.0. The average molecular weight is 286 g/mol. The van der Waals surface area contributed by atoms with Gasteiger partial charge in [-0.2, -0.15) is 0 Å². The van der Waals surface area contributed by atoms with E-state index in [1.54, 1.807) is 6.92 Å². The first-order valence-corrected chi connectivity index (χ1v) is 7.79. The van der Waals surface area contributed by atoms with Crippen LogP contribution < -0.4 is 0 Å². The molecule has 0 unspecified atom stereocenters. The van der Waals surface area contributed by atoms with E-state index in [9.17, 15) is 8.42 Å². The third-order valence-corrected chi connectivity index (χ3v) is 3.59. The number of hydrogen-bond acceptors (Lipinski definition) is 4. The number of benzene rings is 1. The van der Waals surface area contributed by atoms with E-state index in [4.69, 9.17) is 15.2 Å². The lowest BCUT2D eigenvalue weighted by atomic mass is 10.1. The molecule has 0 amide bonds.